The summed E-state index contributed by atoms with van der Waals surface area (Å²) in [5.41, 5.74) is 2.22. The number of aryl methyl sites for hydroxylation is 1. The van der Waals surface area contributed by atoms with Crippen LogP contribution < -0.4 is 0 Å². The average Bonchev–Trinajstić information content (AvgIpc) is 2.68. The van der Waals surface area contributed by atoms with Crippen LogP contribution in [0.2, 0.25) is 0 Å². The Kier molecular flexibility index (Phi) is 2.89. The second-order valence-corrected chi connectivity index (χ2v) is 4.00. The van der Waals surface area contributed by atoms with Gasteiger partial charge in [0.1, 0.15) is 5.69 Å². The number of hydrogen-bond donors (Lipinski definition) is 0. The van der Waals surface area contributed by atoms with E-state index in [1.54, 1.807) is 0 Å². The number of nitrogens with zero attached hydrogens (tertiary/aromatic N) is 2. The Hall–Kier alpha value is -1.22. The second kappa shape index (κ2) is 4.33. The molecule has 0 saturated carbocycles. The highest BCUT2D eigenvalue weighted by atomic mass is 32.1. The van der Waals surface area contributed by atoms with Crippen LogP contribution in [0.15, 0.2) is 30.3 Å². The van der Waals surface area contributed by atoms with Gasteiger partial charge in [-0.05, 0) is 18.0 Å². The van der Waals surface area contributed by atoms with E-state index in [2.05, 4.69) is 28.6 Å². The molecule has 2 rings (SSSR count). The lowest BCUT2D eigenvalue weighted by atomic mass is 10.1. The molecule has 0 amide bonds. The molecule has 3 heteroatoms. The van der Waals surface area contributed by atoms with Gasteiger partial charge >= 0.3 is 0 Å². The summed E-state index contributed by atoms with van der Waals surface area (Å²) in [6.07, 6.45) is 2.21. The fourth-order valence-electron chi connectivity index (χ4n) is 1.42. The van der Waals surface area contributed by atoms with Crippen molar-refractivity contribution in [1.82, 2.24) is 9.59 Å². The Labute approximate surface area is 87.8 Å². The number of benzene rings is 1. The van der Waals surface area contributed by atoms with Gasteiger partial charge in [-0.15, -0.1) is 5.10 Å². The first-order valence-corrected chi connectivity index (χ1v) is 5.56. The molecule has 72 valence electrons. The third-order valence-corrected chi connectivity index (χ3v) is 2.86. The van der Waals surface area contributed by atoms with E-state index in [-0.39, 0.29) is 0 Å². The van der Waals surface area contributed by atoms with Crippen molar-refractivity contribution in [3.63, 3.8) is 0 Å². The van der Waals surface area contributed by atoms with E-state index >= 15 is 0 Å². The quantitative estimate of drug-likeness (QED) is 0.767. The van der Waals surface area contributed by atoms with Gasteiger partial charge in [0.15, 0.2) is 0 Å². The number of rotatable bonds is 3. The second-order valence-electron chi connectivity index (χ2n) is 3.16. The third-order valence-electron chi connectivity index (χ3n) is 2.08. The highest BCUT2D eigenvalue weighted by molar-refractivity contribution is 7.05. The lowest BCUT2D eigenvalue weighted by Crippen LogP contribution is -1.84. The highest BCUT2D eigenvalue weighted by Crippen LogP contribution is 2.24. The molecule has 0 fully saturated rings. The molecular weight excluding hydrogens is 192 g/mol. The van der Waals surface area contributed by atoms with Crippen molar-refractivity contribution < 1.29 is 0 Å². The Bertz CT molecular complexity index is 395. The molecule has 1 aromatic heterocycles. The molecule has 2 aromatic rings. The van der Waals surface area contributed by atoms with Crippen LogP contribution in [0.1, 0.15) is 18.2 Å². The van der Waals surface area contributed by atoms with Crippen molar-refractivity contribution in [2.75, 3.05) is 0 Å². The maximum atomic E-state index is 4.17. The minimum Gasteiger partial charge on any atom is -0.138 e. The molecule has 1 heterocycles. The van der Waals surface area contributed by atoms with Crippen molar-refractivity contribution >= 4 is 11.5 Å². The fraction of sp³-hybridized carbons (Fsp3) is 0.273. The van der Waals surface area contributed by atoms with Gasteiger partial charge in [0.25, 0.3) is 0 Å². The molecule has 0 aliphatic rings. The summed E-state index contributed by atoms with van der Waals surface area (Å²) in [6, 6.07) is 10.2. The number of hydrogen-bond acceptors (Lipinski definition) is 3. The zero-order chi connectivity index (χ0) is 9.80. The first-order chi connectivity index (χ1) is 6.92. The van der Waals surface area contributed by atoms with Crippen LogP contribution in [-0.2, 0) is 6.42 Å². The van der Waals surface area contributed by atoms with Crippen LogP contribution in [0.3, 0.4) is 0 Å². The van der Waals surface area contributed by atoms with Gasteiger partial charge in [0.05, 0.1) is 4.88 Å². The van der Waals surface area contributed by atoms with Crippen LogP contribution in [0.5, 0.6) is 0 Å². The third kappa shape index (κ3) is 1.82. The molecular formula is C11H12N2S. The summed E-state index contributed by atoms with van der Waals surface area (Å²) in [4.78, 5) is 1.29. The molecule has 0 atom stereocenters. The fourth-order valence-corrected chi connectivity index (χ4v) is 2.18. The molecule has 0 bridgehead atoms. The van der Waals surface area contributed by atoms with Crippen molar-refractivity contribution in [3.8, 4) is 11.3 Å². The van der Waals surface area contributed by atoms with Gasteiger partial charge in [-0.1, -0.05) is 48.2 Å². The molecule has 14 heavy (non-hydrogen) atoms. The Morgan fingerprint density at radius 2 is 2.00 bits per heavy atom. The van der Waals surface area contributed by atoms with Crippen LogP contribution in [-0.4, -0.2) is 9.59 Å². The van der Waals surface area contributed by atoms with Gasteiger partial charge < -0.3 is 0 Å². The Morgan fingerprint density at radius 1 is 1.21 bits per heavy atom. The molecule has 0 aliphatic heterocycles. The van der Waals surface area contributed by atoms with Crippen molar-refractivity contribution in [2.24, 2.45) is 0 Å². The summed E-state index contributed by atoms with van der Waals surface area (Å²) in [5, 5.41) is 4.17. The van der Waals surface area contributed by atoms with Gasteiger partial charge in [-0.2, -0.15) is 0 Å². The molecule has 2 nitrogen and oxygen atoms in total. The number of aromatic nitrogens is 2. The minimum absolute atomic E-state index is 1.05. The zero-order valence-electron chi connectivity index (χ0n) is 8.10. The first-order valence-electron chi connectivity index (χ1n) is 4.78. The lowest BCUT2D eigenvalue weighted by molar-refractivity contribution is 0.937. The largest absolute Gasteiger partial charge is 0.138 e. The van der Waals surface area contributed by atoms with E-state index in [0.717, 1.165) is 18.5 Å². The SMILES string of the molecule is CCCc1snnc1-c1ccccc1. The van der Waals surface area contributed by atoms with E-state index in [1.807, 2.05) is 18.2 Å². The maximum Gasteiger partial charge on any atom is 0.109 e. The predicted molar refractivity (Wildman–Crippen MR) is 59.3 cm³/mol. The zero-order valence-corrected chi connectivity index (χ0v) is 8.92. The Balaban J connectivity index is 2.37. The van der Waals surface area contributed by atoms with E-state index in [4.69, 9.17) is 0 Å². The van der Waals surface area contributed by atoms with Crippen LogP contribution >= 0.6 is 11.5 Å². The minimum atomic E-state index is 1.05. The van der Waals surface area contributed by atoms with Gasteiger partial charge in [0, 0.05) is 5.56 Å². The summed E-state index contributed by atoms with van der Waals surface area (Å²) in [5.74, 6) is 0. The van der Waals surface area contributed by atoms with Gasteiger partial charge in [-0.3, -0.25) is 0 Å². The van der Waals surface area contributed by atoms with E-state index in [0.29, 0.717) is 0 Å². The Morgan fingerprint density at radius 3 is 2.71 bits per heavy atom. The summed E-state index contributed by atoms with van der Waals surface area (Å²) >= 11 is 1.51. The lowest BCUT2D eigenvalue weighted by Gasteiger charge is -1.98. The van der Waals surface area contributed by atoms with Crippen LogP contribution in [0, 0.1) is 0 Å². The normalized spacial score (nSPS) is 10.4. The highest BCUT2D eigenvalue weighted by Gasteiger charge is 2.08. The molecule has 1 aromatic carbocycles. The van der Waals surface area contributed by atoms with E-state index in [9.17, 15) is 0 Å². The van der Waals surface area contributed by atoms with Crippen LogP contribution in [0.25, 0.3) is 11.3 Å². The topological polar surface area (TPSA) is 25.8 Å². The molecule has 0 unspecified atom stereocenters. The summed E-state index contributed by atoms with van der Waals surface area (Å²) in [6.45, 7) is 2.18. The predicted octanol–water partition coefficient (Wildman–Crippen LogP) is 3.16. The summed E-state index contributed by atoms with van der Waals surface area (Å²) in [7, 11) is 0. The summed E-state index contributed by atoms with van der Waals surface area (Å²) < 4.78 is 4.01. The monoisotopic (exact) mass is 204 g/mol. The van der Waals surface area contributed by atoms with Crippen molar-refractivity contribution in [3.05, 3.63) is 35.2 Å². The first kappa shape index (κ1) is 9.34. The standard InChI is InChI=1S/C11H12N2S/c1-2-6-10-11(12-13-14-10)9-7-4-3-5-8-9/h3-5,7-8H,2,6H2,1H3. The molecule has 0 N–H and O–H groups in total. The van der Waals surface area contributed by atoms with Crippen molar-refractivity contribution in [2.45, 2.75) is 19.8 Å². The van der Waals surface area contributed by atoms with E-state index < -0.39 is 0 Å². The molecule has 0 spiro atoms. The van der Waals surface area contributed by atoms with E-state index in [1.165, 1.54) is 22.0 Å². The molecule has 0 saturated heterocycles. The maximum absolute atomic E-state index is 4.17. The average molecular weight is 204 g/mol. The van der Waals surface area contributed by atoms with Crippen LogP contribution in [0.4, 0.5) is 0 Å². The smallest absolute Gasteiger partial charge is 0.109 e. The molecule has 0 radical (unpaired) electrons. The van der Waals surface area contributed by atoms with Gasteiger partial charge in [-0.25, -0.2) is 0 Å². The van der Waals surface area contributed by atoms with Crippen molar-refractivity contribution in [1.29, 1.82) is 0 Å². The molecule has 0 aliphatic carbocycles. The van der Waals surface area contributed by atoms with Gasteiger partial charge in [0.2, 0.25) is 0 Å².